The first-order chi connectivity index (χ1) is 16.1. The number of hydrogen-bond donors (Lipinski definition) is 1. The number of Topliss-reactive ketones (excluding diaryl/α,β-unsaturated/α-hetero) is 1. The van der Waals surface area contributed by atoms with Crippen LogP contribution in [-0.4, -0.2) is 33.8 Å². The van der Waals surface area contributed by atoms with Crippen molar-refractivity contribution in [2.75, 3.05) is 7.11 Å². The number of aliphatic hydroxyl groups is 1. The molecular weight excluding hydrogens is 432 g/mol. The Morgan fingerprint density at radius 1 is 1.15 bits per heavy atom. The number of likely N-dealkylation sites (tertiary alicyclic amines) is 1. The van der Waals surface area contributed by atoms with Crippen LogP contribution < -0.4 is 4.74 Å². The van der Waals surface area contributed by atoms with Crippen LogP contribution in [0.5, 0.6) is 5.75 Å². The van der Waals surface area contributed by atoms with E-state index in [2.05, 4.69) is 4.98 Å². The van der Waals surface area contributed by atoms with E-state index >= 15 is 0 Å². The van der Waals surface area contributed by atoms with Gasteiger partial charge in [0, 0.05) is 17.3 Å². The topological polar surface area (TPSA) is 92.9 Å². The molecule has 1 fully saturated rings. The number of methoxy groups -OCH3 is 1. The average molecular weight is 461 g/mol. The first kappa shape index (κ1) is 23.3. The summed E-state index contributed by atoms with van der Waals surface area (Å²) in [5.41, 5.74) is 1.63. The Kier molecular flexibility index (Phi) is 6.04. The van der Waals surface area contributed by atoms with Crippen LogP contribution >= 0.6 is 0 Å². The zero-order chi connectivity index (χ0) is 24.6. The van der Waals surface area contributed by atoms with Crippen molar-refractivity contribution in [1.29, 1.82) is 0 Å². The van der Waals surface area contributed by atoms with Gasteiger partial charge in [0.05, 0.1) is 24.9 Å². The van der Waals surface area contributed by atoms with Gasteiger partial charge in [0.15, 0.2) is 0 Å². The van der Waals surface area contributed by atoms with Crippen LogP contribution in [0.2, 0.25) is 0 Å². The van der Waals surface area contributed by atoms with Gasteiger partial charge in [-0.15, -0.1) is 0 Å². The summed E-state index contributed by atoms with van der Waals surface area (Å²) in [6.07, 6.45) is 1.63. The number of carbonyl (C=O) groups excluding carboxylic acids is 2. The number of rotatable bonds is 5. The molecule has 1 aliphatic rings. The SMILES string of the molecule is COc1ccc(/C(O)=C2/C(=O)C(=O)N(Cc3ccccn3)C2c2ccc(C)o2)cc1C(C)(C)C. The minimum Gasteiger partial charge on any atom is -0.507 e. The van der Waals surface area contributed by atoms with Crippen LogP contribution in [0.3, 0.4) is 0 Å². The van der Waals surface area contributed by atoms with E-state index in [1.165, 1.54) is 4.90 Å². The number of ether oxygens (including phenoxy) is 1. The Balaban J connectivity index is 1.88. The molecule has 1 atom stereocenters. The molecule has 0 radical (unpaired) electrons. The highest BCUT2D eigenvalue weighted by molar-refractivity contribution is 6.46. The van der Waals surface area contributed by atoms with Gasteiger partial charge in [-0.2, -0.15) is 0 Å². The first-order valence-corrected chi connectivity index (χ1v) is 11.1. The maximum Gasteiger partial charge on any atom is 0.296 e. The van der Waals surface area contributed by atoms with Crippen molar-refractivity contribution < 1.29 is 23.8 Å². The largest absolute Gasteiger partial charge is 0.507 e. The van der Waals surface area contributed by atoms with Crippen molar-refractivity contribution in [3.05, 3.63) is 88.6 Å². The fourth-order valence-corrected chi connectivity index (χ4v) is 4.20. The van der Waals surface area contributed by atoms with Gasteiger partial charge in [-0.05, 0) is 54.8 Å². The van der Waals surface area contributed by atoms with Crippen LogP contribution in [0.4, 0.5) is 0 Å². The summed E-state index contributed by atoms with van der Waals surface area (Å²) < 4.78 is 11.3. The number of furan rings is 1. The number of ketones is 1. The molecule has 3 heterocycles. The third-order valence-electron chi connectivity index (χ3n) is 5.91. The summed E-state index contributed by atoms with van der Waals surface area (Å²) in [7, 11) is 1.59. The molecule has 1 unspecified atom stereocenters. The van der Waals surface area contributed by atoms with E-state index in [0.717, 1.165) is 5.56 Å². The van der Waals surface area contributed by atoms with E-state index in [0.29, 0.717) is 28.5 Å². The Morgan fingerprint density at radius 3 is 2.50 bits per heavy atom. The zero-order valence-corrected chi connectivity index (χ0v) is 20.0. The van der Waals surface area contributed by atoms with Gasteiger partial charge < -0.3 is 19.2 Å². The molecule has 0 saturated carbocycles. The Hall–Kier alpha value is -3.87. The number of aryl methyl sites for hydroxylation is 1. The molecule has 7 nitrogen and oxygen atoms in total. The van der Waals surface area contributed by atoms with Crippen molar-refractivity contribution in [2.24, 2.45) is 0 Å². The Bertz CT molecular complexity index is 1270. The van der Waals surface area contributed by atoms with Gasteiger partial charge in [-0.25, -0.2) is 0 Å². The summed E-state index contributed by atoms with van der Waals surface area (Å²) in [5.74, 6) is -0.0139. The minimum atomic E-state index is -0.879. The maximum absolute atomic E-state index is 13.2. The van der Waals surface area contributed by atoms with Gasteiger partial charge >= 0.3 is 0 Å². The number of amides is 1. The third kappa shape index (κ3) is 4.21. The fourth-order valence-electron chi connectivity index (χ4n) is 4.20. The average Bonchev–Trinajstić information content (AvgIpc) is 3.34. The Labute approximate surface area is 198 Å². The first-order valence-electron chi connectivity index (χ1n) is 11.1. The molecule has 0 spiro atoms. The predicted molar refractivity (Wildman–Crippen MR) is 127 cm³/mol. The molecule has 1 aromatic carbocycles. The lowest BCUT2D eigenvalue weighted by molar-refractivity contribution is -0.140. The van der Waals surface area contributed by atoms with Crippen LogP contribution in [0.1, 0.15) is 55.2 Å². The highest BCUT2D eigenvalue weighted by Gasteiger charge is 2.47. The normalized spacial score (nSPS) is 17.9. The maximum atomic E-state index is 13.2. The smallest absolute Gasteiger partial charge is 0.296 e. The quantitative estimate of drug-likeness (QED) is 0.330. The van der Waals surface area contributed by atoms with Gasteiger partial charge in [0.2, 0.25) is 0 Å². The fraction of sp³-hybridized carbons (Fsp3) is 0.296. The highest BCUT2D eigenvalue weighted by Crippen LogP contribution is 2.42. The minimum absolute atomic E-state index is 0.0136. The molecule has 7 heteroatoms. The highest BCUT2D eigenvalue weighted by atomic mass is 16.5. The van der Waals surface area contributed by atoms with Gasteiger partial charge in [0.25, 0.3) is 11.7 Å². The van der Waals surface area contributed by atoms with E-state index in [1.807, 2.05) is 26.8 Å². The molecule has 34 heavy (non-hydrogen) atoms. The van der Waals surface area contributed by atoms with Gasteiger partial charge in [-0.3, -0.25) is 14.6 Å². The molecule has 1 N–H and O–H groups in total. The van der Waals surface area contributed by atoms with Crippen molar-refractivity contribution in [1.82, 2.24) is 9.88 Å². The number of aromatic nitrogens is 1. The third-order valence-corrected chi connectivity index (χ3v) is 5.91. The number of aliphatic hydroxyl groups excluding tert-OH is 1. The lowest BCUT2D eigenvalue weighted by atomic mass is 9.84. The molecule has 2 aromatic heterocycles. The second-order valence-electron chi connectivity index (χ2n) is 9.36. The molecular formula is C27H28N2O5. The number of carbonyl (C=O) groups is 2. The summed E-state index contributed by atoms with van der Waals surface area (Å²) in [6.45, 7) is 7.99. The molecule has 3 aromatic rings. The van der Waals surface area contributed by atoms with Gasteiger partial charge in [-0.1, -0.05) is 26.8 Å². The summed E-state index contributed by atoms with van der Waals surface area (Å²) in [5, 5.41) is 11.4. The summed E-state index contributed by atoms with van der Waals surface area (Å²) >= 11 is 0. The van der Waals surface area contributed by atoms with Crippen LogP contribution in [0.15, 0.2) is 64.7 Å². The monoisotopic (exact) mass is 460 g/mol. The van der Waals surface area contributed by atoms with Crippen molar-refractivity contribution >= 4 is 17.4 Å². The van der Waals surface area contributed by atoms with Crippen LogP contribution in [0.25, 0.3) is 5.76 Å². The summed E-state index contributed by atoms with van der Waals surface area (Å²) in [4.78, 5) is 32.0. The van der Waals surface area contributed by atoms with Crippen molar-refractivity contribution in [2.45, 2.75) is 45.7 Å². The molecule has 1 saturated heterocycles. The molecule has 1 amide bonds. The molecule has 176 valence electrons. The molecule has 4 rings (SSSR count). The number of hydrogen-bond acceptors (Lipinski definition) is 6. The van der Waals surface area contributed by atoms with Crippen LogP contribution in [-0.2, 0) is 21.5 Å². The number of benzene rings is 1. The van der Waals surface area contributed by atoms with Gasteiger partial charge in [0.1, 0.15) is 29.1 Å². The molecule has 0 bridgehead atoms. The Morgan fingerprint density at radius 2 is 1.91 bits per heavy atom. The lowest BCUT2D eigenvalue weighted by Gasteiger charge is -2.24. The van der Waals surface area contributed by atoms with Crippen LogP contribution in [0, 0.1) is 6.92 Å². The zero-order valence-electron chi connectivity index (χ0n) is 20.0. The number of nitrogens with zero attached hydrogens (tertiary/aromatic N) is 2. The molecule has 0 aliphatic carbocycles. The van der Waals surface area contributed by atoms with Crippen molar-refractivity contribution in [3.63, 3.8) is 0 Å². The second kappa shape index (κ2) is 8.82. The van der Waals surface area contributed by atoms with E-state index in [4.69, 9.17) is 9.15 Å². The van der Waals surface area contributed by atoms with E-state index in [1.54, 1.807) is 62.7 Å². The van der Waals surface area contributed by atoms with E-state index in [-0.39, 0.29) is 23.3 Å². The van der Waals surface area contributed by atoms with E-state index in [9.17, 15) is 14.7 Å². The lowest BCUT2D eigenvalue weighted by Crippen LogP contribution is -2.29. The second-order valence-corrected chi connectivity index (χ2v) is 9.36. The summed E-state index contributed by atoms with van der Waals surface area (Å²) in [6, 6.07) is 13.2. The number of pyridine rings is 1. The molecule has 1 aliphatic heterocycles. The standard InChI is InChI=1S/C27H28N2O5/c1-16-9-11-21(34-16)23-22(25(31)26(32)29(23)15-18-8-6-7-13-28-18)24(30)17-10-12-20(33-5)19(14-17)27(2,3)4/h6-14,23,30H,15H2,1-5H3/b24-22-. The van der Waals surface area contributed by atoms with Crippen molar-refractivity contribution in [3.8, 4) is 5.75 Å². The predicted octanol–water partition coefficient (Wildman–Crippen LogP) is 4.91. The van der Waals surface area contributed by atoms with E-state index < -0.39 is 17.7 Å².